The lowest BCUT2D eigenvalue weighted by atomic mass is 10.1. The zero-order valence-corrected chi connectivity index (χ0v) is 17.8. The van der Waals surface area contributed by atoms with Gasteiger partial charge in [0.15, 0.2) is 5.82 Å². The molecule has 7 heteroatoms. The van der Waals surface area contributed by atoms with Crippen molar-refractivity contribution in [2.24, 2.45) is 5.73 Å². The highest BCUT2D eigenvalue weighted by atomic mass is 16.5. The fourth-order valence-electron chi connectivity index (χ4n) is 3.98. The summed E-state index contributed by atoms with van der Waals surface area (Å²) in [4.78, 5) is 9.65. The van der Waals surface area contributed by atoms with Crippen molar-refractivity contribution in [3.8, 4) is 28.3 Å². The number of fused-ring (bicyclic) bond motifs is 1. The minimum absolute atomic E-state index is 0.177. The third-order valence-corrected chi connectivity index (χ3v) is 5.54. The van der Waals surface area contributed by atoms with Gasteiger partial charge in [-0.2, -0.15) is 4.98 Å². The van der Waals surface area contributed by atoms with Crippen LogP contribution < -0.4 is 15.8 Å². The van der Waals surface area contributed by atoms with Crippen molar-refractivity contribution in [3.63, 3.8) is 0 Å². The molecule has 4 aromatic rings. The molecule has 164 valence electrons. The van der Waals surface area contributed by atoms with Gasteiger partial charge in [-0.3, -0.25) is 0 Å². The van der Waals surface area contributed by atoms with Gasteiger partial charge < -0.3 is 24.9 Å². The molecule has 32 heavy (non-hydrogen) atoms. The van der Waals surface area contributed by atoms with Crippen molar-refractivity contribution in [2.75, 3.05) is 31.6 Å². The largest absolute Gasteiger partial charge is 0.492 e. The van der Waals surface area contributed by atoms with E-state index in [1.54, 1.807) is 6.26 Å². The van der Waals surface area contributed by atoms with Gasteiger partial charge in [-0.25, -0.2) is 4.98 Å². The molecule has 0 amide bonds. The molecule has 2 aromatic carbocycles. The average molecular weight is 431 g/mol. The maximum absolute atomic E-state index is 5.92. The molecule has 0 saturated carbocycles. The number of benzene rings is 2. The molecule has 0 aliphatic carbocycles. The quantitative estimate of drug-likeness (QED) is 0.425. The van der Waals surface area contributed by atoms with Crippen LogP contribution in [0.3, 0.4) is 0 Å². The number of nitrogens with zero attached hydrogens (tertiary/aromatic N) is 2. The van der Waals surface area contributed by atoms with E-state index in [2.05, 4.69) is 17.4 Å². The first kappa shape index (κ1) is 20.5. The van der Waals surface area contributed by atoms with E-state index in [0.29, 0.717) is 37.0 Å². The van der Waals surface area contributed by atoms with E-state index in [4.69, 9.17) is 29.6 Å². The zero-order chi connectivity index (χ0) is 21.8. The number of rotatable bonds is 8. The van der Waals surface area contributed by atoms with Crippen LogP contribution in [0, 0.1) is 0 Å². The second-order valence-electron chi connectivity index (χ2n) is 7.74. The lowest BCUT2D eigenvalue weighted by Crippen LogP contribution is -2.19. The topological polar surface area (TPSA) is 95.4 Å². The van der Waals surface area contributed by atoms with Crippen molar-refractivity contribution < 1.29 is 13.9 Å². The summed E-state index contributed by atoms with van der Waals surface area (Å²) in [6, 6.07) is 17.8. The van der Waals surface area contributed by atoms with Crippen LogP contribution in [0.5, 0.6) is 5.75 Å². The van der Waals surface area contributed by atoms with Crippen LogP contribution in [-0.2, 0) is 4.74 Å². The Morgan fingerprint density at radius 2 is 1.88 bits per heavy atom. The number of hydrogen-bond acceptors (Lipinski definition) is 7. The minimum Gasteiger partial charge on any atom is -0.492 e. The number of aromatic nitrogens is 2. The Hall–Kier alpha value is -3.42. The molecule has 7 nitrogen and oxygen atoms in total. The zero-order valence-electron chi connectivity index (χ0n) is 17.8. The van der Waals surface area contributed by atoms with Crippen molar-refractivity contribution in [3.05, 3.63) is 60.9 Å². The molecule has 1 saturated heterocycles. The van der Waals surface area contributed by atoms with Crippen LogP contribution in [-0.4, -0.2) is 42.4 Å². The lowest BCUT2D eigenvalue weighted by molar-refractivity contribution is 0.120. The number of nitrogens with one attached hydrogen (secondary N) is 1. The smallest absolute Gasteiger partial charge is 0.232 e. The fourth-order valence-corrected chi connectivity index (χ4v) is 3.98. The fraction of sp³-hybridized carbons (Fsp3) is 0.280. The van der Waals surface area contributed by atoms with E-state index >= 15 is 0 Å². The Bertz CT molecular complexity index is 1190. The van der Waals surface area contributed by atoms with E-state index in [9.17, 15) is 0 Å². The minimum atomic E-state index is 0.177. The molecule has 0 spiro atoms. The number of anilines is 1. The number of ether oxygens (including phenoxy) is 2. The Labute approximate surface area is 186 Å². The molecule has 2 aromatic heterocycles. The summed E-state index contributed by atoms with van der Waals surface area (Å²) in [5, 5.41) is 4.36. The summed E-state index contributed by atoms with van der Waals surface area (Å²) < 4.78 is 17.5. The standard InChI is InChI=1S/C25H26N4O3/c26-12-14-31-21-11-5-4-10-19(21)23-28-24(27-15-18-9-6-13-30-18)22-20(16-32-25(22)29-23)17-7-2-1-3-8-17/h1-5,7-8,10-11,16,18H,6,9,12-15,26H2,(H,27,28,29)/t18-/m0/s1. The molecule has 0 bridgehead atoms. The molecule has 3 heterocycles. The van der Waals surface area contributed by atoms with Gasteiger partial charge in [0, 0.05) is 25.3 Å². The maximum Gasteiger partial charge on any atom is 0.232 e. The number of hydrogen-bond donors (Lipinski definition) is 2. The normalized spacial score (nSPS) is 15.8. The van der Waals surface area contributed by atoms with Gasteiger partial charge in [0.1, 0.15) is 24.4 Å². The highest BCUT2D eigenvalue weighted by Gasteiger charge is 2.21. The summed E-state index contributed by atoms with van der Waals surface area (Å²) in [5.41, 5.74) is 8.95. The van der Waals surface area contributed by atoms with Gasteiger partial charge in [-0.1, -0.05) is 42.5 Å². The van der Waals surface area contributed by atoms with E-state index < -0.39 is 0 Å². The van der Waals surface area contributed by atoms with Crippen LogP contribution in [0.1, 0.15) is 12.8 Å². The second kappa shape index (κ2) is 9.38. The maximum atomic E-state index is 5.92. The van der Waals surface area contributed by atoms with Gasteiger partial charge >= 0.3 is 0 Å². The van der Waals surface area contributed by atoms with Crippen molar-refractivity contribution in [1.29, 1.82) is 0 Å². The van der Waals surface area contributed by atoms with Gasteiger partial charge in [0.25, 0.3) is 0 Å². The molecular formula is C25H26N4O3. The van der Waals surface area contributed by atoms with Crippen molar-refractivity contribution >= 4 is 16.9 Å². The van der Waals surface area contributed by atoms with E-state index in [-0.39, 0.29) is 6.10 Å². The summed E-state index contributed by atoms with van der Waals surface area (Å²) in [7, 11) is 0. The third kappa shape index (κ3) is 4.17. The Balaban J connectivity index is 1.60. The van der Waals surface area contributed by atoms with Gasteiger partial charge in [-0.15, -0.1) is 0 Å². The summed E-state index contributed by atoms with van der Waals surface area (Å²) in [5.74, 6) is 1.95. The SMILES string of the molecule is NCCOc1ccccc1-c1nc(NC[C@@H]2CCCO2)c2c(-c3ccccc3)coc2n1. The van der Waals surface area contributed by atoms with E-state index in [1.807, 2.05) is 42.5 Å². The van der Waals surface area contributed by atoms with E-state index in [0.717, 1.165) is 47.3 Å². The van der Waals surface area contributed by atoms with Crippen molar-refractivity contribution in [2.45, 2.75) is 18.9 Å². The van der Waals surface area contributed by atoms with Crippen molar-refractivity contribution in [1.82, 2.24) is 9.97 Å². The number of furan rings is 1. The predicted molar refractivity (Wildman–Crippen MR) is 125 cm³/mol. The van der Waals surface area contributed by atoms with Crippen LogP contribution in [0.4, 0.5) is 5.82 Å². The monoisotopic (exact) mass is 430 g/mol. The van der Waals surface area contributed by atoms with Crippen LogP contribution in [0.15, 0.2) is 65.3 Å². The average Bonchev–Trinajstić information content (AvgIpc) is 3.52. The first-order chi connectivity index (χ1) is 15.8. The number of nitrogens with two attached hydrogens (primary N) is 1. The van der Waals surface area contributed by atoms with Gasteiger partial charge in [-0.05, 0) is 30.5 Å². The molecule has 3 N–H and O–H groups in total. The first-order valence-electron chi connectivity index (χ1n) is 11.0. The molecule has 0 radical (unpaired) electrons. The third-order valence-electron chi connectivity index (χ3n) is 5.54. The molecule has 0 unspecified atom stereocenters. The van der Waals surface area contributed by atoms with Crippen LogP contribution >= 0.6 is 0 Å². The summed E-state index contributed by atoms with van der Waals surface area (Å²) in [6.45, 7) is 2.34. The lowest BCUT2D eigenvalue weighted by Gasteiger charge is -2.14. The summed E-state index contributed by atoms with van der Waals surface area (Å²) in [6.07, 6.45) is 4.05. The second-order valence-corrected chi connectivity index (χ2v) is 7.74. The Morgan fingerprint density at radius 3 is 2.69 bits per heavy atom. The van der Waals surface area contributed by atoms with Gasteiger partial charge in [0.2, 0.25) is 5.71 Å². The van der Waals surface area contributed by atoms with E-state index in [1.165, 1.54) is 0 Å². The molecule has 1 fully saturated rings. The molecule has 1 atom stereocenters. The van der Waals surface area contributed by atoms with Gasteiger partial charge in [0.05, 0.1) is 17.1 Å². The first-order valence-corrected chi connectivity index (χ1v) is 11.0. The molecule has 5 rings (SSSR count). The van der Waals surface area contributed by atoms with Crippen LogP contribution in [0.2, 0.25) is 0 Å². The predicted octanol–water partition coefficient (Wildman–Crippen LogP) is 4.49. The Kier molecular flexibility index (Phi) is 6.00. The van der Waals surface area contributed by atoms with Crippen LogP contribution in [0.25, 0.3) is 33.6 Å². The number of para-hydroxylation sites is 1. The summed E-state index contributed by atoms with van der Waals surface area (Å²) >= 11 is 0. The highest BCUT2D eigenvalue weighted by Crippen LogP contribution is 2.37. The highest BCUT2D eigenvalue weighted by molar-refractivity contribution is 6.00. The molecular weight excluding hydrogens is 404 g/mol. The molecule has 1 aliphatic rings. The Morgan fingerprint density at radius 1 is 1.03 bits per heavy atom. The molecule has 1 aliphatic heterocycles.